The first-order valence-corrected chi connectivity index (χ1v) is 9.80. The molecule has 5 rings (SSSR count). The van der Waals surface area contributed by atoms with Crippen molar-refractivity contribution in [3.63, 3.8) is 0 Å². The van der Waals surface area contributed by atoms with Gasteiger partial charge in [0.2, 0.25) is 0 Å². The second kappa shape index (κ2) is 6.92. The Hall–Kier alpha value is -3.34. The van der Waals surface area contributed by atoms with Crippen molar-refractivity contribution in [2.45, 2.75) is 18.9 Å². The third-order valence-corrected chi connectivity index (χ3v) is 6.02. The van der Waals surface area contributed by atoms with Gasteiger partial charge in [-0.2, -0.15) is 0 Å². The molecule has 2 heterocycles. The second-order valence-electron chi connectivity index (χ2n) is 7.42. The molecule has 0 fully saturated rings. The summed E-state index contributed by atoms with van der Waals surface area (Å²) in [4.78, 5) is 19.4. The summed E-state index contributed by atoms with van der Waals surface area (Å²) >= 11 is 0. The number of ether oxygens (including phenoxy) is 2. The topological polar surface area (TPSA) is 51.7 Å². The SMILES string of the molecule is COc1cc2c3c(c1OC)-c1ccccc1CC3N(C(=O)c1ccncc1)CC2. The van der Waals surface area contributed by atoms with Gasteiger partial charge in [0.05, 0.1) is 20.3 Å². The number of hydrogen-bond acceptors (Lipinski definition) is 4. The minimum absolute atomic E-state index is 0.0240. The van der Waals surface area contributed by atoms with E-state index in [2.05, 4.69) is 29.2 Å². The van der Waals surface area contributed by atoms with Crippen LogP contribution in [0.15, 0.2) is 54.9 Å². The van der Waals surface area contributed by atoms with Crippen molar-refractivity contribution >= 4 is 5.91 Å². The molecule has 1 aliphatic heterocycles. The van der Waals surface area contributed by atoms with Gasteiger partial charge in [-0.3, -0.25) is 9.78 Å². The highest BCUT2D eigenvalue weighted by molar-refractivity contribution is 5.95. The fourth-order valence-corrected chi connectivity index (χ4v) is 4.74. The number of aromatic nitrogens is 1. The van der Waals surface area contributed by atoms with Gasteiger partial charge in [-0.25, -0.2) is 0 Å². The van der Waals surface area contributed by atoms with E-state index in [1.807, 2.05) is 11.0 Å². The van der Waals surface area contributed by atoms with Crippen molar-refractivity contribution < 1.29 is 14.3 Å². The first-order chi connectivity index (χ1) is 14.2. The summed E-state index contributed by atoms with van der Waals surface area (Å²) in [5, 5.41) is 0. The molecule has 3 aromatic rings. The Morgan fingerprint density at radius 3 is 2.62 bits per heavy atom. The van der Waals surface area contributed by atoms with Gasteiger partial charge < -0.3 is 14.4 Å². The number of hydrogen-bond donors (Lipinski definition) is 0. The molecule has 0 saturated heterocycles. The van der Waals surface area contributed by atoms with Gasteiger partial charge in [0, 0.05) is 30.1 Å². The van der Waals surface area contributed by atoms with E-state index in [0.717, 1.165) is 35.5 Å². The molecule has 1 aromatic heterocycles. The monoisotopic (exact) mass is 386 g/mol. The van der Waals surface area contributed by atoms with E-state index in [9.17, 15) is 4.79 Å². The van der Waals surface area contributed by atoms with Gasteiger partial charge in [-0.1, -0.05) is 24.3 Å². The summed E-state index contributed by atoms with van der Waals surface area (Å²) in [6.07, 6.45) is 4.92. The van der Waals surface area contributed by atoms with E-state index in [-0.39, 0.29) is 11.9 Å². The van der Waals surface area contributed by atoms with Crippen molar-refractivity contribution in [1.29, 1.82) is 0 Å². The molecule has 146 valence electrons. The number of nitrogens with zero attached hydrogens (tertiary/aromatic N) is 2. The van der Waals surface area contributed by atoms with Crippen molar-refractivity contribution in [1.82, 2.24) is 9.88 Å². The molecular formula is C24H22N2O3. The minimum atomic E-state index is -0.0240. The zero-order chi connectivity index (χ0) is 20.0. The highest BCUT2D eigenvalue weighted by Crippen LogP contribution is 2.52. The van der Waals surface area contributed by atoms with Crippen LogP contribution >= 0.6 is 0 Å². The first kappa shape index (κ1) is 17.7. The Balaban J connectivity index is 1.71. The minimum Gasteiger partial charge on any atom is -0.493 e. The van der Waals surface area contributed by atoms with Crippen molar-refractivity contribution in [2.75, 3.05) is 20.8 Å². The molecule has 0 radical (unpaired) electrons. The summed E-state index contributed by atoms with van der Waals surface area (Å²) < 4.78 is 11.5. The lowest BCUT2D eigenvalue weighted by Crippen LogP contribution is -2.42. The van der Waals surface area contributed by atoms with Crippen molar-refractivity contribution in [2.24, 2.45) is 0 Å². The Bertz CT molecular complexity index is 1090. The number of amides is 1. The first-order valence-electron chi connectivity index (χ1n) is 9.80. The van der Waals surface area contributed by atoms with Crippen LogP contribution in [-0.4, -0.2) is 36.6 Å². The van der Waals surface area contributed by atoms with E-state index in [1.165, 1.54) is 16.7 Å². The second-order valence-corrected chi connectivity index (χ2v) is 7.42. The van der Waals surface area contributed by atoms with Gasteiger partial charge in [0.1, 0.15) is 0 Å². The van der Waals surface area contributed by atoms with Crippen LogP contribution < -0.4 is 9.47 Å². The van der Waals surface area contributed by atoms with Crippen molar-refractivity contribution in [3.8, 4) is 22.6 Å². The van der Waals surface area contributed by atoms with E-state index in [0.29, 0.717) is 12.1 Å². The molecule has 0 N–H and O–H groups in total. The van der Waals surface area contributed by atoms with Gasteiger partial charge in [-0.15, -0.1) is 0 Å². The molecule has 1 atom stereocenters. The summed E-state index contributed by atoms with van der Waals surface area (Å²) in [5.74, 6) is 1.52. The molecule has 5 heteroatoms. The molecule has 1 aliphatic carbocycles. The molecule has 1 unspecified atom stereocenters. The zero-order valence-corrected chi connectivity index (χ0v) is 16.5. The lowest BCUT2D eigenvalue weighted by atomic mass is 9.76. The standard InChI is InChI=1S/C24H22N2O3/c1-28-20-14-17-9-12-26(24(27)15-7-10-25-11-8-15)19-13-16-5-3-4-6-18(16)22(21(17)19)23(20)29-2/h3-8,10-11,14,19H,9,12-13H2,1-2H3. The van der Waals surface area contributed by atoms with Crippen LogP contribution in [0.3, 0.4) is 0 Å². The molecular weight excluding hydrogens is 364 g/mol. The summed E-state index contributed by atoms with van der Waals surface area (Å²) in [6, 6.07) is 14.0. The predicted molar refractivity (Wildman–Crippen MR) is 110 cm³/mol. The predicted octanol–water partition coefficient (Wildman–Crippen LogP) is 4.06. The fourth-order valence-electron chi connectivity index (χ4n) is 4.74. The molecule has 2 aromatic carbocycles. The summed E-state index contributed by atoms with van der Waals surface area (Å²) in [5.41, 5.74) is 6.53. The number of benzene rings is 2. The molecule has 5 nitrogen and oxygen atoms in total. The van der Waals surface area contributed by atoms with Gasteiger partial charge in [-0.05, 0) is 53.3 Å². The number of pyridine rings is 1. The third-order valence-electron chi connectivity index (χ3n) is 6.02. The Morgan fingerprint density at radius 2 is 1.86 bits per heavy atom. The maximum absolute atomic E-state index is 13.3. The van der Waals surface area contributed by atoms with Crippen molar-refractivity contribution in [3.05, 3.63) is 77.1 Å². The Kier molecular flexibility index (Phi) is 4.23. The van der Waals surface area contributed by atoms with E-state index >= 15 is 0 Å². The van der Waals surface area contributed by atoms with E-state index in [4.69, 9.17) is 9.47 Å². The number of methoxy groups -OCH3 is 2. The van der Waals surface area contributed by atoms with Gasteiger partial charge in [0.25, 0.3) is 5.91 Å². The van der Waals surface area contributed by atoms with Crippen LogP contribution in [0.1, 0.15) is 33.1 Å². The van der Waals surface area contributed by atoms with Crippen LogP contribution in [-0.2, 0) is 12.8 Å². The molecule has 1 amide bonds. The summed E-state index contributed by atoms with van der Waals surface area (Å²) in [7, 11) is 3.35. The number of carbonyl (C=O) groups is 1. The van der Waals surface area contributed by atoms with E-state index < -0.39 is 0 Å². The van der Waals surface area contributed by atoms with Crippen LogP contribution in [0.4, 0.5) is 0 Å². The normalized spacial score (nSPS) is 16.6. The summed E-state index contributed by atoms with van der Waals surface area (Å²) in [6.45, 7) is 0.677. The smallest absolute Gasteiger partial charge is 0.254 e. The molecule has 29 heavy (non-hydrogen) atoms. The Labute approximate surface area is 169 Å². The molecule has 0 bridgehead atoms. The third kappa shape index (κ3) is 2.69. The largest absolute Gasteiger partial charge is 0.493 e. The highest BCUT2D eigenvalue weighted by Gasteiger charge is 2.39. The van der Waals surface area contributed by atoms with Gasteiger partial charge in [0.15, 0.2) is 11.5 Å². The molecule has 0 saturated carbocycles. The number of rotatable bonds is 3. The lowest BCUT2D eigenvalue weighted by Gasteiger charge is -2.42. The zero-order valence-electron chi connectivity index (χ0n) is 16.5. The van der Waals surface area contributed by atoms with Crippen LogP contribution in [0, 0.1) is 0 Å². The average molecular weight is 386 g/mol. The van der Waals surface area contributed by atoms with E-state index in [1.54, 1.807) is 38.7 Å². The maximum atomic E-state index is 13.3. The Morgan fingerprint density at radius 1 is 1.07 bits per heavy atom. The molecule has 0 spiro atoms. The average Bonchev–Trinajstić information content (AvgIpc) is 2.79. The van der Waals surface area contributed by atoms with Crippen LogP contribution in [0.25, 0.3) is 11.1 Å². The number of carbonyl (C=O) groups excluding carboxylic acids is 1. The van der Waals surface area contributed by atoms with Crippen LogP contribution in [0.5, 0.6) is 11.5 Å². The van der Waals surface area contributed by atoms with Gasteiger partial charge >= 0.3 is 0 Å². The quantitative estimate of drug-likeness (QED) is 0.681. The number of fused-ring (bicyclic) bond motifs is 2. The maximum Gasteiger partial charge on any atom is 0.254 e. The fraction of sp³-hybridized carbons (Fsp3) is 0.250. The lowest BCUT2D eigenvalue weighted by molar-refractivity contribution is 0.0658. The van der Waals surface area contributed by atoms with Crippen LogP contribution in [0.2, 0.25) is 0 Å². The molecule has 2 aliphatic rings. The highest BCUT2D eigenvalue weighted by atomic mass is 16.5.